The van der Waals surface area contributed by atoms with E-state index in [1.165, 1.54) is 6.20 Å². The molecule has 2 saturated heterocycles. The molecule has 0 bridgehead atoms. The zero-order valence-electron chi connectivity index (χ0n) is 17.9. The van der Waals surface area contributed by atoms with Gasteiger partial charge < -0.3 is 20.1 Å². The normalized spacial score (nSPS) is 26.1. The highest BCUT2D eigenvalue weighted by atomic mass is 35.5. The second-order valence-electron chi connectivity index (χ2n) is 8.92. The molecule has 4 unspecified atom stereocenters. The number of halogens is 1. The SMILES string of the molecule is Cn1cc(Nc2ncc(Cl)c(NC3COC4C(CS(=O)(=O)C(C)(C)C)COC34)n2)cn1. The van der Waals surface area contributed by atoms with E-state index >= 15 is 0 Å². The van der Waals surface area contributed by atoms with Crippen molar-refractivity contribution in [1.82, 2.24) is 19.7 Å². The molecule has 2 fully saturated rings. The van der Waals surface area contributed by atoms with Crippen molar-refractivity contribution in [2.45, 2.75) is 43.8 Å². The maximum atomic E-state index is 12.6. The number of aromatic nitrogens is 4. The molecule has 0 saturated carbocycles. The Hall–Kier alpha value is -1.95. The van der Waals surface area contributed by atoms with E-state index < -0.39 is 14.6 Å². The van der Waals surface area contributed by atoms with Crippen LogP contribution in [0.3, 0.4) is 0 Å². The molecule has 4 heterocycles. The third kappa shape index (κ3) is 4.64. The summed E-state index contributed by atoms with van der Waals surface area (Å²) in [4.78, 5) is 8.66. The molecule has 170 valence electrons. The van der Waals surface area contributed by atoms with E-state index in [4.69, 9.17) is 21.1 Å². The van der Waals surface area contributed by atoms with E-state index in [-0.39, 0.29) is 29.9 Å². The van der Waals surface area contributed by atoms with Crippen LogP contribution in [0.2, 0.25) is 5.02 Å². The minimum Gasteiger partial charge on any atom is -0.373 e. The smallest absolute Gasteiger partial charge is 0.229 e. The monoisotopic (exact) mass is 470 g/mol. The van der Waals surface area contributed by atoms with Crippen molar-refractivity contribution in [3.63, 3.8) is 0 Å². The zero-order valence-corrected chi connectivity index (χ0v) is 19.4. The van der Waals surface area contributed by atoms with Crippen LogP contribution in [0.4, 0.5) is 17.5 Å². The molecule has 2 aliphatic rings. The second-order valence-corrected chi connectivity index (χ2v) is 12.1. The summed E-state index contributed by atoms with van der Waals surface area (Å²) >= 11 is 6.30. The first kappa shape index (κ1) is 22.3. The van der Waals surface area contributed by atoms with Gasteiger partial charge in [0.1, 0.15) is 11.1 Å². The summed E-state index contributed by atoms with van der Waals surface area (Å²) < 4.78 is 38.0. The maximum absolute atomic E-state index is 12.6. The average Bonchev–Trinajstić information content (AvgIpc) is 3.36. The number of fused-ring (bicyclic) bond motifs is 1. The van der Waals surface area contributed by atoms with E-state index in [9.17, 15) is 8.42 Å². The van der Waals surface area contributed by atoms with Crippen LogP contribution >= 0.6 is 11.6 Å². The Balaban J connectivity index is 1.44. The van der Waals surface area contributed by atoms with Crippen molar-refractivity contribution in [2.75, 3.05) is 29.6 Å². The Kier molecular flexibility index (Phi) is 5.88. The highest BCUT2D eigenvalue weighted by Crippen LogP contribution is 2.35. The van der Waals surface area contributed by atoms with Gasteiger partial charge in [0.05, 0.1) is 53.9 Å². The van der Waals surface area contributed by atoms with Gasteiger partial charge in [-0.15, -0.1) is 0 Å². The fourth-order valence-electron chi connectivity index (χ4n) is 3.70. The minimum absolute atomic E-state index is 0.0395. The van der Waals surface area contributed by atoms with Crippen LogP contribution in [-0.2, 0) is 26.4 Å². The van der Waals surface area contributed by atoms with Crippen LogP contribution in [0.5, 0.6) is 0 Å². The molecule has 0 amide bonds. The lowest BCUT2D eigenvalue weighted by Crippen LogP contribution is -2.39. The molecule has 2 aromatic heterocycles. The van der Waals surface area contributed by atoms with Crippen LogP contribution in [-0.4, -0.2) is 70.1 Å². The number of aryl methyl sites for hydroxylation is 1. The first-order valence-electron chi connectivity index (χ1n) is 10.0. The van der Waals surface area contributed by atoms with E-state index in [1.54, 1.807) is 37.8 Å². The molecule has 4 rings (SSSR count). The van der Waals surface area contributed by atoms with Gasteiger partial charge in [-0.05, 0) is 20.8 Å². The molecule has 4 atom stereocenters. The number of nitrogens with one attached hydrogen (secondary N) is 2. The van der Waals surface area contributed by atoms with Gasteiger partial charge in [0.25, 0.3) is 0 Å². The quantitative estimate of drug-likeness (QED) is 0.652. The van der Waals surface area contributed by atoms with Crippen molar-refractivity contribution >= 4 is 38.9 Å². The summed E-state index contributed by atoms with van der Waals surface area (Å²) in [5.41, 5.74) is 0.752. The molecule has 2 aliphatic heterocycles. The van der Waals surface area contributed by atoms with Crippen LogP contribution in [0.25, 0.3) is 0 Å². The topological polar surface area (TPSA) is 120 Å². The van der Waals surface area contributed by atoms with Gasteiger partial charge in [-0.25, -0.2) is 13.4 Å². The molecule has 0 radical (unpaired) electrons. The third-order valence-corrected chi connectivity index (χ3v) is 8.56. The summed E-state index contributed by atoms with van der Waals surface area (Å²) in [6, 6.07) is -0.203. The number of anilines is 3. The lowest BCUT2D eigenvalue weighted by Gasteiger charge is -2.23. The molecule has 0 aromatic carbocycles. The first-order chi connectivity index (χ1) is 14.5. The number of ether oxygens (including phenoxy) is 2. The van der Waals surface area contributed by atoms with Gasteiger partial charge in [-0.3, -0.25) is 4.68 Å². The van der Waals surface area contributed by atoms with Gasteiger partial charge >= 0.3 is 0 Å². The van der Waals surface area contributed by atoms with Crippen molar-refractivity contribution in [2.24, 2.45) is 13.0 Å². The molecule has 31 heavy (non-hydrogen) atoms. The van der Waals surface area contributed by atoms with Gasteiger partial charge in [0, 0.05) is 19.2 Å². The number of hydrogen-bond donors (Lipinski definition) is 2. The lowest BCUT2D eigenvalue weighted by molar-refractivity contribution is 0.0656. The van der Waals surface area contributed by atoms with Crippen LogP contribution in [0.1, 0.15) is 20.8 Å². The molecular weight excluding hydrogens is 444 g/mol. The fraction of sp³-hybridized carbons (Fsp3) is 0.632. The van der Waals surface area contributed by atoms with Gasteiger partial charge in [-0.1, -0.05) is 11.6 Å². The molecule has 0 aliphatic carbocycles. The van der Waals surface area contributed by atoms with Crippen LogP contribution < -0.4 is 10.6 Å². The van der Waals surface area contributed by atoms with Crippen molar-refractivity contribution in [3.8, 4) is 0 Å². The standard InChI is InChI=1S/C19H27ClN6O4S/c1-19(2,3)31(27,28)10-11-8-29-16-14(9-30-15(11)16)24-17-13(20)6-21-18(25-17)23-12-5-22-26(4)7-12/h5-7,11,14-16H,8-10H2,1-4H3,(H2,21,23,24,25). The predicted molar refractivity (Wildman–Crippen MR) is 117 cm³/mol. The van der Waals surface area contributed by atoms with Gasteiger partial charge in [0.2, 0.25) is 5.95 Å². The van der Waals surface area contributed by atoms with Crippen molar-refractivity contribution < 1.29 is 17.9 Å². The summed E-state index contributed by atoms with van der Waals surface area (Å²) in [7, 11) is -1.46. The van der Waals surface area contributed by atoms with Crippen LogP contribution in [0, 0.1) is 5.92 Å². The number of nitrogens with zero attached hydrogens (tertiary/aromatic N) is 4. The Bertz CT molecular complexity index is 1050. The molecule has 0 spiro atoms. The van der Waals surface area contributed by atoms with E-state index in [2.05, 4.69) is 25.7 Å². The van der Waals surface area contributed by atoms with Crippen molar-refractivity contribution in [3.05, 3.63) is 23.6 Å². The molecule has 12 heteroatoms. The zero-order chi connectivity index (χ0) is 22.4. The minimum atomic E-state index is -3.27. The second kappa shape index (κ2) is 8.19. The average molecular weight is 471 g/mol. The van der Waals surface area contributed by atoms with Gasteiger partial charge in [-0.2, -0.15) is 10.1 Å². The fourth-order valence-corrected chi connectivity index (χ4v) is 5.19. The molecule has 10 nitrogen and oxygen atoms in total. The molecular formula is C19H27ClN6O4S. The van der Waals surface area contributed by atoms with E-state index in [0.717, 1.165) is 5.69 Å². The van der Waals surface area contributed by atoms with Crippen LogP contribution in [0.15, 0.2) is 18.6 Å². The Labute approximate surface area is 186 Å². The maximum Gasteiger partial charge on any atom is 0.229 e. The Morgan fingerprint density at radius 1 is 1.23 bits per heavy atom. The highest BCUT2D eigenvalue weighted by molar-refractivity contribution is 7.92. The van der Waals surface area contributed by atoms with E-state index in [0.29, 0.717) is 30.0 Å². The van der Waals surface area contributed by atoms with Gasteiger partial charge in [0.15, 0.2) is 15.7 Å². The largest absolute Gasteiger partial charge is 0.373 e. The first-order valence-corrected chi connectivity index (χ1v) is 12.1. The molecule has 2 aromatic rings. The number of rotatable bonds is 6. The molecule has 2 N–H and O–H groups in total. The third-order valence-electron chi connectivity index (χ3n) is 5.55. The number of hydrogen-bond acceptors (Lipinski definition) is 9. The summed E-state index contributed by atoms with van der Waals surface area (Å²) in [6.45, 7) is 5.85. The van der Waals surface area contributed by atoms with Crippen molar-refractivity contribution in [1.29, 1.82) is 0 Å². The Morgan fingerprint density at radius 2 is 1.97 bits per heavy atom. The summed E-state index contributed by atoms with van der Waals surface area (Å²) in [5, 5.41) is 10.8. The highest BCUT2D eigenvalue weighted by Gasteiger charge is 2.50. The predicted octanol–water partition coefficient (Wildman–Crippen LogP) is 2.01. The summed E-state index contributed by atoms with van der Waals surface area (Å²) in [6.07, 6.45) is 4.41. The summed E-state index contributed by atoms with van der Waals surface area (Å²) in [5.74, 6) is 0.658. The Morgan fingerprint density at radius 3 is 2.65 bits per heavy atom. The van der Waals surface area contributed by atoms with E-state index in [1.807, 2.05) is 7.05 Å². The lowest BCUT2D eigenvalue weighted by atomic mass is 10.0. The number of sulfone groups is 1.